The molecule has 0 fully saturated rings. The largest absolute Gasteiger partial charge is 0.424 e. The van der Waals surface area contributed by atoms with E-state index in [0.717, 1.165) is 10.5 Å². The summed E-state index contributed by atoms with van der Waals surface area (Å²) >= 11 is 11.9. The predicted molar refractivity (Wildman–Crippen MR) is 110 cm³/mol. The Labute approximate surface area is 176 Å². The Morgan fingerprint density at radius 3 is 2.03 bits per heavy atom. The van der Waals surface area contributed by atoms with Crippen LogP contribution in [0.2, 0.25) is 10.0 Å². The molecule has 0 aromatic heterocycles. The quantitative estimate of drug-likeness (QED) is 0.337. The predicted octanol–water partition coefficient (Wildman–Crippen LogP) is 4.94. The van der Waals surface area contributed by atoms with Crippen LogP contribution in [0.15, 0.2) is 66.7 Å². The highest BCUT2D eigenvalue weighted by molar-refractivity contribution is 6.36. The molecule has 0 N–H and O–H groups in total. The number of hydrogen-bond acceptors (Lipinski definition) is 4. The lowest BCUT2D eigenvalue weighted by molar-refractivity contribution is -0.133. The lowest BCUT2D eigenvalue weighted by Crippen LogP contribution is -2.30. The van der Waals surface area contributed by atoms with E-state index in [2.05, 4.69) is 0 Å². The molecule has 2 amide bonds. The SMILES string of the molecule is O=C(Cc1ccc(Cl)cc1)Oc1ccc(Cl)cc1N1C(=O)c2ccccc2C1=O. The van der Waals surface area contributed by atoms with Crippen molar-refractivity contribution < 1.29 is 19.1 Å². The number of anilines is 1. The number of rotatable bonds is 4. The molecule has 4 rings (SSSR count). The number of benzene rings is 3. The topological polar surface area (TPSA) is 63.7 Å². The molecule has 0 bridgehead atoms. The van der Waals surface area contributed by atoms with Crippen molar-refractivity contribution in [1.29, 1.82) is 0 Å². The number of amides is 2. The third-order valence-corrected chi connectivity index (χ3v) is 4.93. The maximum absolute atomic E-state index is 12.8. The average Bonchev–Trinajstić information content (AvgIpc) is 2.96. The third-order valence-electron chi connectivity index (χ3n) is 4.44. The number of imide groups is 1. The summed E-state index contributed by atoms with van der Waals surface area (Å²) in [6, 6.07) is 17.7. The highest BCUT2D eigenvalue weighted by Gasteiger charge is 2.38. The zero-order chi connectivity index (χ0) is 20.5. The molecule has 0 saturated carbocycles. The van der Waals surface area contributed by atoms with Crippen LogP contribution in [-0.4, -0.2) is 17.8 Å². The molecule has 0 unspecified atom stereocenters. The van der Waals surface area contributed by atoms with E-state index in [9.17, 15) is 14.4 Å². The number of hydrogen-bond donors (Lipinski definition) is 0. The summed E-state index contributed by atoms with van der Waals surface area (Å²) in [5, 5.41) is 0.863. The van der Waals surface area contributed by atoms with Crippen LogP contribution >= 0.6 is 23.2 Å². The highest BCUT2D eigenvalue weighted by Crippen LogP contribution is 2.37. The first-order valence-electron chi connectivity index (χ1n) is 8.66. The van der Waals surface area contributed by atoms with E-state index < -0.39 is 17.8 Å². The minimum absolute atomic E-state index is 0.00134. The van der Waals surface area contributed by atoms with Crippen LogP contribution in [0, 0.1) is 0 Å². The third kappa shape index (κ3) is 3.75. The van der Waals surface area contributed by atoms with Crippen LogP contribution in [-0.2, 0) is 11.2 Å². The summed E-state index contributed by atoms with van der Waals surface area (Å²) in [7, 11) is 0. The first kappa shape index (κ1) is 19.2. The lowest BCUT2D eigenvalue weighted by atomic mass is 10.1. The number of halogens is 2. The Balaban J connectivity index is 1.63. The van der Waals surface area contributed by atoms with Gasteiger partial charge in [-0.3, -0.25) is 14.4 Å². The Morgan fingerprint density at radius 1 is 0.828 bits per heavy atom. The number of esters is 1. The minimum Gasteiger partial charge on any atom is -0.424 e. The molecule has 29 heavy (non-hydrogen) atoms. The Bertz CT molecular complexity index is 1110. The van der Waals surface area contributed by atoms with Crippen LogP contribution in [0.1, 0.15) is 26.3 Å². The first-order chi connectivity index (χ1) is 13.9. The van der Waals surface area contributed by atoms with Crippen molar-refractivity contribution in [2.75, 3.05) is 4.90 Å². The van der Waals surface area contributed by atoms with Crippen molar-refractivity contribution in [3.63, 3.8) is 0 Å². The van der Waals surface area contributed by atoms with Gasteiger partial charge >= 0.3 is 5.97 Å². The van der Waals surface area contributed by atoms with Gasteiger partial charge in [0, 0.05) is 10.0 Å². The van der Waals surface area contributed by atoms with Gasteiger partial charge in [0.25, 0.3) is 11.8 Å². The Kier molecular flexibility index (Phi) is 5.09. The molecule has 1 aliphatic rings. The zero-order valence-electron chi connectivity index (χ0n) is 14.9. The standard InChI is InChI=1S/C22H13Cl2NO4/c23-14-7-5-13(6-8-14)11-20(26)29-19-10-9-15(24)12-18(19)25-21(27)16-3-1-2-4-17(16)22(25)28/h1-10,12H,11H2. The Morgan fingerprint density at radius 2 is 1.41 bits per heavy atom. The van der Waals surface area contributed by atoms with Gasteiger partial charge in [-0.25, -0.2) is 4.90 Å². The van der Waals surface area contributed by atoms with Crippen LogP contribution in [0.3, 0.4) is 0 Å². The smallest absolute Gasteiger partial charge is 0.315 e. The van der Waals surface area contributed by atoms with Crippen molar-refractivity contribution in [3.05, 3.63) is 93.5 Å². The molecule has 3 aromatic carbocycles. The normalized spacial score (nSPS) is 12.8. The van der Waals surface area contributed by atoms with Crippen LogP contribution in [0.4, 0.5) is 5.69 Å². The maximum Gasteiger partial charge on any atom is 0.315 e. The second kappa shape index (κ2) is 7.70. The van der Waals surface area contributed by atoms with Gasteiger partial charge in [-0.15, -0.1) is 0 Å². The average molecular weight is 426 g/mol. The molecule has 0 saturated heterocycles. The molecular formula is C22H13Cl2NO4. The fraction of sp³-hybridized carbons (Fsp3) is 0.0455. The van der Waals surface area contributed by atoms with E-state index >= 15 is 0 Å². The van der Waals surface area contributed by atoms with Gasteiger partial charge in [-0.05, 0) is 48.0 Å². The number of fused-ring (bicyclic) bond motifs is 1. The van der Waals surface area contributed by atoms with Gasteiger partial charge in [0.2, 0.25) is 0 Å². The second-order valence-electron chi connectivity index (χ2n) is 6.38. The number of nitrogens with zero attached hydrogens (tertiary/aromatic N) is 1. The van der Waals surface area contributed by atoms with Gasteiger partial charge in [-0.1, -0.05) is 47.5 Å². The van der Waals surface area contributed by atoms with E-state index in [1.807, 2.05) is 0 Å². The van der Waals surface area contributed by atoms with E-state index in [-0.39, 0.29) is 29.0 Å². The number of ether oxygens (including phenoxy) is 1. The fourth-order valence-electron chi connectivity index (χ4n) is 3.09. The summed E-state index contributed by atoms with van der Waals surface area (Å²) in [5.74, 6) is -1.47. The first-order valence-corrected chi connectivity index (χ1v) is 9.42. The molecule has 5 nitrogen and oxygen atoms in total. The molecule has 144 valence electrons. The Hall–Kier alpha value is -3.15. The maximum atomic E-state index is 12.8. The molecule has 1 heterocycles. The van der Waals surface area contributed by atoms with Crippen molar-refractivity contribution in [1.82, 2.24) is 0 Å². The minimum atomic E-state index is -0.549. The number of carbonyl (C=O) groups excluding carboxylic acids is 3. The van der Waals surface area contributed by atoms with E-state index in [4.69, 9.17) is 27.9 Å². The monoisotopic (exact) mass is 425 g/mol. The van der Waals surface area contributed by atoms with Crippen molar-refractivity contribution in [3.8, 4) is 5.75 Å². The van der Waals surface area contributed by atoms with Crippen molar-refractivity contribution in [2.24, 2.45) is 0 Å². The summed E-state index contributed by atoms with van der Waals surface area (Å²) < 4.78 is 5.47. The number of carbonyl (C=O) groups is 3. The molecule has 7 heteroatoms. The van der Waals surface area contributed by atoms with Gasteiger partial charge in [-0.2, -0.15) is 0 Å². The highest BCUT2D eigenvalue weighted by atomic mass is 35.5. The van der Waals surface area contributed by atoms with Crippen LogP contribution < -0.4 is 9.64 Å². The summed E-state index contributed by atoms with van der Waals surface area (Å²) in [6.07, 6.45) is 0.00134. The fourth-order valence-corrected chi connectivity index (χ4v) is 3.38. The summed E-state index contributed by atoms with van der Waals surface area (Å²) in [4.78, 5) is 39.0. The van der Waals surface area contributed by atoms with Gasteiger partial charge in [0.05, 0.1) is 23.2 Å². The van der Waals surface area contributed by atoms with Gasteiger partial charge in [0.15, 0.2) is 5.75 Å². The molecule has 3 aromatic rings. The van der Waals surface area contributed by atoms with Crippen molar-refractivity contribution >= 4 is 46.7 Å². The molecule has 0 atom stereocenters. The van der Waals surface area contributed by atoms with Crippen LogP contribution in [0.5, 0.6) is 5.75 Å². The van der Waals surface area contributed by atoms with E-state index in [1.165, 1.54) is 18.2 Å². The van der Waals surface area contributed by atoms with E-state index in [0.29, 0.717) is 10.0 Å². The lowest BCUT2D eigenvalue weighted by Gasteiger charge is -2.18. The summed E-state index contributed by atoms with van der Waals surface area (Å²) in [6.45, 7) is 0. The molecule has 0 spiro atoms. The van der Waals surface area contributed by atoms with Gasteiger partial charge in [0.1, 0.15) is 0 Å². The molecule has 0 aliphatic carbocycles. The molecular weight excluding hydrogens is 413 g/mol. The van der Waals surface area contributed by atoms with Crippen molar-refractivity contribution in [2.45, 2.75) is 6.42 Å². The van der Waals surface area contributed by atoms with Crippen LogP contribution in [0.25, 0.3) is 0 Å². The second-order valence-corrected chi connectivity index (χ2v) is 7.25. The zero-order valence-corrected chi connectivity index (χ0v) is 16.4. The van der Waals surface area contributed by atoms with E-state index in [1.54, 1.807) is 48.5 Å². The molecule has 0 radical (unpaired) electrons. The summed E-state index contributed by atoms with van der Waals surface area (Å²) in [5.41, 5.74) is 1.41. The van der Waals surface area contributed by atoms with Gasteiger partial charge < -0.3 is 4.74 Å². The molecule has 1 aliphatic heterocycles.